The molecule has 0 saturated carbocycles. The van der Waals surface area contributed by atoms with Gasteiger partial charge in [0.25, 0.3) is 0 Å². The van der Waals surface area contributed by atoms with Crippen molar-refractivity contribution in [3.63, 3.8) is 0 Å². The topological polar surface area (TPSA) is 240 Å². The van der Waals surface area contributed by atoms with Crippen molar-refractivity contribution in [2.45, 2.75) is 75.5 Å². The molecule has 1 rings (SSSR count). The average Bonchev–Trinajstić information content (AvgIpc) is 2.87. The molecule has 1 aromatic carbocycles. The zero-order valence-corrected chi connectivity index (χ0v) is 21.4. The van der Waals surface area contributed by atoms with E-state index in [1.165, 1.54) is 0 Å². The van der Waals surface area contributed by atoms with Crippen molar-refractivity contribution in [1.29, 1.82) is 0 Å². The second-order valence-electron chi connectivity index (χ2n) is 8.98. The number of hydrogen-bond donors (Lipinski definition) is 8. The normalized spacial score (nSPS) is 14.0. The van der Waals surface area contributed by atoms with Gasteiger partial charge in [0.2, 0.25) is 17.7 Å². The minimum Gasteiger partial charge on any atom is -0.481 e. The summed E-state index contributed by atoms with van der Waals surface area (Å²) in [7, 11) is 0. The predicted octanol–water partition coefficient (Wildman–Crippen LogP) is -1.17. The van der Waals surface area contributed by atoms with Crippen LogP contribution in [0.15, 0.2) is 30.3 Å². The SMILES string of the molecule is NCCCCC(NC(=O)C(CCCCN)NC(=O)C(Cc1ccccc1)NC(=O)C(N)CC(=O)O)C(=O)O. The number of amides is 3. The van der Waals surface area contributed by atoms with E-state index >= 15 is 0 Å². The molecule has 3 amide bonds. The van der Waals surface area contributed by atoms with Gasteiger partial charge in [-0.3, -0.25) is 19.2 Å². The molecule has 0 bridgehead atoms. The molecule has 0 spiro atoms. The zero-order valence-electron chi connectivity index (χ0n) is 21.4. The molecular weight excluding hydrogens is 496 g/mol. The number of unbranched alkanes of at least 4 members (excludes halogenated alkanes) is 2. The summed E-state index contributed by atoms with van der Waals surface area (Å²) in [4.78, 5) is 61.4. The molecule has 0 heterocycles. The van der Waals surface area contributed by atoms with Gasteiger partial charge in [-0.15, -0.1) is 0 Å². The summed E-state index contributed by atoms with van der Waals surface area (Å²) in [6.45, 7) is 0.760. The molecule has 0 radical (unpaired) electrons. The maximum atomic E-state index is 13.3. The van der Waals surface area contributed by atoms with Crippen molar-refractivity contribution in [3.8, 4) is 0 Å². The van der Waals surface area contributed by atoms with Gasteiger partial charge in [-0.05, 0) is 57.2 Å². The van der Waals surface area contributed by atoms with Crippen LogP contribution < -0.4 is 33.2 Å². The van der Waals surface area contributed by atoms with Crippen LogP contribution in [0.2, 0.25) is 0 Å². The van der Waals surface area contributed by atoms with Gasteiger partial charge in [-0.25, -0.2) is 4.79 Å². The van der Waals surface area contributed by atoms with Crippen molar-refractivity contribution < 1.29 is 34.2 Å². The van der Waals surface area contributed by atoms with Crippen LogP contribution in [0.4, 0.5) is 0 Å². The lowest BCUT2D eigenvalue weighted by Crippen LogP contribution is -2.57. The van der Waals surface area contributed by atoms with Gasteiger partial charge in [0.05, 0.1) is 12.5 Å². The van der Waals surface area contributed by atoms with Crippen LogP contribution in [0.1, 0.15) is 50.5 Å². The maximum absolute atomic E-state index is 13.3. The molecule has 0 aliphatic carbocycles. The lowest BCUT2D eigenvalue weighted by Gasteiger charge is -2.25. The Hall–Kier alpha value is -3.55. The predicted molar refractivity (Wildman–Crippen MR) is 140 cm³/mol. The first kappa shape index (κ1) is 32.5. The van der Waals surface area contributed by atoms with Crippen molar-refractivity contribution >= 4 is 29.7 Å². The zero-order chi connectivity index (χ0) is 28.5. The first-order chi connectivity index (χ1) is 18.1. The number of carbonyl (C=O) groups excluding carboxylic acids is 3. The standard InChI is InChI=1S/C25H40N6O7/c26-12-6-4-10-18(23(35)30-19(25(37)38)11-5-7-13-27)29-24(36)20(14-16-8-2-1-3-9-16)31-22(34)17(28)15-21(32)33/h1-3,8-9,17-20H,4-7,10-15,26-28H2,(H,29,36)(H,30,35)(H,31,34)(H,32,33)(H,37,38). The number of rotatable bonds is 19. The van der Waals surface area contributed by atoms with Crippen LogP contribution in [0.3, 0.4) is 0 Å². The molecule has 4 atom stereocenters. The van der Waals surface area contributed by atoms with Crippen LogP contribution in [0.5, 0.6) is 0 Å². The second kappa shape index (κ2) is 17.8. The summed E-state index contributed by atoms with van der Waals surface area (Å²) < 4.78 is 0. The van der Waals surface area contributed by atoms with E-state index in [4.69, 9.17) is 22.3 Å². The van der Waals surface area contributed by atoms with Crippen molar-refractivity contribution in [2.24, 2.45) is 17.2 Å². The minimum atomic E-state index is -1.38. The van der Waals surface area contributed by atoms with Gasteiger partial charge in [0.1, 0.15) is 18.1 Å². The molecule has 4 unspecified atom stereocenters. The third-order valence-corrected chi connectivity index (χ3v) is 5.79. The van der Waals surface area contributed by atoms with Crippen LogP contribution in [-0.2, 0) is 30.4 Å². The number of benzene rings is 1. The van der Waals surface area contributed by atoms with Crippen molar-refractivity contribution in [2.75, 3.05) is 13.1 Å². The molecule has 38 heavy (non-hydrogen) atoms. The number of nitrogens with one attached hydrogen (secondary N) is 3. The fourth-order valence-corrected chi connectivity index (χ4v) is 3.68. The van der Waals surface area contributed by atoms with E-state index < -0.39 is 60.2 Å². The quantitative estimate of drug-likeness (QED) is 0.0985. The minimum absolute atomic E-state index is 0.0478. The highest BCUT2D eigenvalue weighted by molar-refractivity contribution is 5.94. The van der Waals surface area contributed by atoms with E-state index in [0.717, 1.165) is 0 Å². The number of hydrogen-bond acceptors (Lipinski definition) is 8. The molecule has 0 aliphatic heterocycles. The molecule has 1 aromatic rings. The van der Waals surface area contributed by atoms with Crippen molar-refractivity contribution in [1.82, 2.24) is 16.0 Å². The van der Waals surface area contributed by atoms with Gasteiger partial charge in [0.15, 0.2) is 0 Å². The Morgan fingerprint density at radius 2 is 1.21 bits per heavy atom. The number of nitrogens with two attached hydrogens (primary N) is 3. The molecule has 13 nitrogen and oxygen atoms in total. The third kappa shape index (κ3) is 12.6. The molecule has 0 aliphatic rings. The number of carbonyl (C=O) groups is 5. The summed E-state index contributed by atoms with van der Waals surface area (Å²) in [5.41, 5.74) is 17.4. The van der Waals surface area contributed by atoms with Gasteiger partial charge in [-0.1, -0.05) is 30.3 Å². The molecule has 0 fully saturated rings. The highest BCUT2D eigenvalue weighted by Gasteiger charge is 2.30. The number of carboxylic acid groups (broad SMARTS) is 2. The molecule has 212 valence electrons. The van der Waals surface area contributed by atoms with E-state index in [1.807, 2.05) is 0 Å². The van der Waals surface area contributed by atoms with E-state index in [0.29, 0.717) is 44.3 Å². The number of carboxylic acids is 2. The Bertz CT molecular complexity index is 915. The maximum Gasteiger partial charge on any atom is 0.326 e. The molecule has 11 N–H and O–H groups in total. The Morgan fingerprint density at radius 1 is 0.711 bits per heavy atom. The Morgan fingerprint density at radius 3 is 1.74 bits per heavy atom. The highest BCUT2D eigenvalue weighted by Crippen LogP contribution is 2.08. The molecule has 0 saturated heterocycles. The Kier molecular flexibility index (Phi) is 15.2. The summed E-state index contributed by atoms with van der Waals surface area (Å²) in [6.07, 6.45) is 1.94. The summed E-state index contributed by atoms with van der Waals surface area (Å²) in [5.74, 6) is -4.69. The largest absolute Gasteiger partial charge is 0.481 e. The fourth-order valence-electron chi connectivity index (χ4n) is 3.68. The monoisotopic (exact) mass is 536 g/mol. The van der Waals surface area contributed by atoms with E-state index in [1.54, 1.807) is 30.3 Å². The van der Waals surface area contributed by atoms with Gasteiger partial charge >= 0.3 is 11.9 Å². The number of aliphatic carboxylic acids is 2. The summed E-state index contributed by atoms with van der Waals surface area (Å²) >= 11 is 0. The Labute approximate surface area is 221 Å². The smallest absolute Gasteiger partial charge is 0.326 e. The summed E-state index contributed by atoms with van der Waals surface area (Å²) in [6, 6.07) is 3.97. The first-order valence-electron chi connectivity index (χ1n) is 12.6. The van der Waals surface area contributed by atoms with Crippen LogP contribution in [-0.4, -0.2) is 77.1 Å². The lowest BCUT2D eigenvalue weighted by molar-refractivity contribution is -0.142. The average molecular weight is 537 g/mol. The van der Waals surface area contributed by atoms with Gasteiger partial charge < -0.3 is 43.4 Å². The molecule has 0 aromatic heterocycles. The fraction of sp³-hybridized carbons (Fsp3) is 0.560. The van der Waals surface area contributed by atoms with E-state index in [-0.39, 0.29) is 19.3 Å². The Balaban J connectivity index is 3.08. The molecule has 13 heteroatoms. The molecular formula is C25H40N6O7. The lowest BCUT2D eigenvalue weighted by atomic mass is 10.0. The van der Waals surface area contributed by atoms with E-state index in [9.17, 15) is 29.1 Å². The second-order valence-corrected chi connectivity index (χ2v) is 8.98. The third-order valence-electron chi connectivity index (χ3n) is 5.79. The van der Waals surface area contributed by atoms with Crippen molar-refractivity contribution in [3.05, 3.63) is 35.9 Å². The van der Waals surface area contributed by atoms with Crippen LogP contribution in [0.25, 0.3) is 0 Å². The summed E-state index contributed by atoms with van der Waals surface area (Å²) in [5, 5.41) is 26.0. The van der Waals surface area contributed by atoms with Gasteiger partial charge in [0, 0.05) is 6.42 Å². The highest BCUT2D eigenvalue weighted by atomic mass is 16.4. The first-order valence-corrected chi connectivity index (χ1v) is 12.6. The van der Waals surface area contributed by atoms with E-state index in [2.05, 4.69) is 16.0 Å². The van der Waals surface area contributed by atoms with Crippen LogP contribution >= 0.6 is 0 Å². The van der Waals surface area contributed by atoms with Crippen LogP contribution in [0, 0.1) is 0 Å². The van der Waals surface area contributed by atoms with Gasteiger partial charge in [-0.2, -0.15) is 0 Å².